The van der Waals surface area contributed by atoms with Crippen LogP contribution in [-0.4, -0.2) is 49.1 Å². The van der Waals surface area contributed by atoms with E-state index in [4.69, 9.17) is 4.74 Å². The van der Waals surface area contributed by atoms with Crippen molar-refractivity contribution in [3.8, 4) is 0 Å². The van der Waals surface area contributed by atoms with Gasteiger partial charge in [0.25, 0.3) is 5.91 Å². The van der Waals surface area contributed by atoms with E-state index in [2.05, 4.69) is 17.2 Å². The van der Waals surface area contributed by atoms with Gasteiger partial charge in [0, 0.05) is 45.7 Å². The maximum absolute atomic E-state index is 12.5. The maximum Gasteiger partial charge on any atom is 0.255 e. The summed E-state index contributed by atoms with van der Waals surface area (Å²) in [4.78, 5) is 18.6. The topological polar surface area (TPSA) is 54.5 Å². The number of ether oxygens (including phenoxy) is 1. The fraction of sp³-hybridized carbons (Fsp3) is 0.625. The van der Waals surface area contributed by atoms with Crippen LogP contribution in [0.15, 0.2) is 18.5 Å². The van der Waals surface area contributed by atoms with Gasteiger partial charge in [0.1, 0.15) is 0 Å². The molecule has 5 heteroatoms. The van der Waals surface area contributed by atoms with Gasteiger partial charge >= 0.3 is 0 Å². The Morgan fingerprint density at radius 2 is 2.19 bits per heavy atom. The molecule has 2 rings (SSSR count). The minimum absolute atomic E-state index is 0.0925. The van der Waals surface area contributed by atoms with E-state index in [-0.39, 0.29) is 5.91 Å². The first-order valence-electron chi connectivity index (χ1n) is 7.68. The smallest absolute Gasteiger partial charge is 0.255 e. The zero-order chi connectivity index (χ0) is 15.1. The molecule has 0 saturated carbocycles. The molecule has 116 valence electrons. The molecule has 0 aliphatic carbocycles. The van der Waals surface area contributed by atoms with Crippen LogP contribution in [-0.2, 0) is 4.74 Å². The van der Waals surface area contributed by atoms with E-state index in [1.165, 1.54) is 0 Å². The van der Waals surface area contributed by atoms with Crippen LogP contribution in [0.1, 0.15) is 36.5 Å². The molecule has 2 heterocycles. The average molecular weight is 291 g/mol. The minimum atomic E-state index is 0.0925. The molecule has 5 nitrogen and oxygen atoms in total. The Hall–Kier alpha value is -1.62. The van der Waals surface area contributed by atoms with Gasteiger partial charge < -0.3 is 15.0 Å². The third kappa shape index (κ3) is 4.70. The van der Waals surface area contributed by atoms with Crippen LogP contribution < -0.4 is 5.32 Å². The molecule has 1 aromatic rings. The highest BCUT2D eigenvalue weighted by molar-refractivity contribution is 5.94. The molecular formula is C16H25N3O2. The third-order valence-electron chi connectivity index (χ3n) is 3.91. The molecule has 0 radical (unpaired) electrons. The monoisotopic (exact) mass is 291 g/mol. The number of piperidine rings is 1. The number of nitrogens with one attached hydrogen (secondary N) is 1. The van der Waals surface area contributed by atoms with Crippen molar-refractivity contribution in [3.05, 3.63) is 24.0 Å². The standard InChI is InChI=1S/C16H25N3O2/c1-13-4-7-19(8-5-13)16(20)14-10-15(12-17-11-14)18-6-3-9-21-2/h10-13,18H,3-9H2,1-2H3. The number of hydrogen-bond donors (Lipinski definition) is 1. The Kier molecular flexibility index (Phi) is 5.99. The number of nitrogens with zero attached hydrogens (tertiary/aromatic N) is 2. The van der Waals surface area contributed by atoms with Crippen LogP contribution in [0, 0.1) is 5.92 Å². The first kappa shape index (κ1) is 15.8. The van der Waals surface area contributed by atoms with Gasteiger partial charge in [0.2, 0.25) is 0 Å². The number of methoxy groups -OCH3 is 1. The summed E-state index contributed by atoms with van der Waals surface area (Å²) in [6.45, 7) is 5.49. The predicted molar refractivity (Wildman–Crippen MR) is 83.5 cm³/mol. The normalized spacial score (nSPS) is 16.0. The molecule has 1 aliphatic heterocycles. The van der Waals surface area contributed by atoms with E-state index < -0.39 is 0 Å². The van der Waals surface area contributed by atoms with E-state index in [0.29, 0.717) is 5.56 Å². The van der Waals surface area contributed by atoms with Crippen LogP contribution in [0.3, 0.4) is 0 Å². The van der Waals surface area contributed by atoms with Crippen molar-refractivity contribution in [2.75, 3.05) is 38.7 Å². The van der Waals surface area contributed by atoms with E-state index in [1.807, 2.05) is 11.0 Å². The lowest BCUT2D eigenvalue weighted by Crippen LogP contribution is -2.37. The minimum Gasteiger partial charge on any atom is -0.385 e. The largest absolute Gasteiger partial charge is 0.385 e. The number of aromatic nitrogens is 1. The second-order valence-electron chi connectivity index (χ2n) is 5.71. The Balaban J connectivity index is 1.91. The molecule has 1 amide bonds. The van der Waals surface area contributed by atoms with Gasteiger partial charge in [0.05, 0.1) is 11.3 Å². The highest BCUT2D eigenvalue weighted by Gasteiger charge is 2.21. The Labute approximate surface area is 126 Å². The van der Waals surface area contributed by atoms with Crippen molar-refractivity contribution in [2.24, 2.45) is 5.92 Å². The van der Waals surface area contributed by atoms with Crippen molar-refractivity contribution < 1.29 is 9.53 Å². The number of carbonyl (C=O) groups is 1. The summed E-state index contributed by atoms with van der Waals surface area (Å²) in [7, 11) is 1.69. The number of anilines is 1. The van der Waals surface area contributed by atoms with Crippen LogP contribution >= 0.6 is 0 Å². The maximum atomic E-state index is 12.5. The zero-order valence-electron chi connectivity index (χ0n) is 13.0. The molecule has 1 fully saturated rings. The molecule has 0 unspecified atom stereocenters. The van der Waals surface area contributed by atoms with E-state index in [9.17, 15) is 4.79 Å². The molecule has 1 aromatic heterocycles. The number of carbonyl (C=O) groups excluding carboxylic acids is 1. The Bertz CT molecular complexity index is 457. The lowest BCUT2D eigenvalue weighted by molar-refractivity contribution is 0.0697. The molecule has 21 heavy (non-hydrogen) atoms. The van der Waals surface area contributed by atoms with Gasteiger partial charge in [-0.3, -0.25) is 9.78 Å². The average Bonchev–Trinajstić information content (AvgIpc) is 2.52. The van der Waals surface area contributed by atoms with Gasteiger partial charge in [-0.2, -0.15) is 0 Å². The summed E-state index contributed by atoms with van der Waals surface area (Å²) in [5.74, 6) is 0.816. The van der Waals surface area contributed by atoms with E-state index in [1.54, 1.807) is 19.5 Å². The van der Waals surface area contributed by atoms with Crippen molar-refractivity contribution in [1.82, 2.24) is 9.88 Å². The molecule has 0 aromatic carbocycles. The molecular weight excluding hydrogens is 266 g/mol. The molecule has 0 atom stereocenters. The first-order valence-corrected chi connectivity index (χ1v) is 7.68. The van der Waals surface area contributed by atoms with Gasteiger partial charge in [0.15, 0.2) is 0 Å². The fourth-order valence-corrected chi connectivity index (χ4v) is 2.50. The second kappa shape index (κ2) is 7.98. The zero-order valence-corrected chi connectivity index (χ0v) is 13.0. The molecule has 0 spiro atoms. The summed E-state index contributed by atoms with van der Waals surface area (Å²) in [5, 5.41) is 3.27. The summed E-state index contributed by atoms with van der Waals surface area (Å²) in [6, 6.07) is 1.89. The summed E-state index contributed by atoms with van der Waals surface area (Å²) < 4.78 is 5.01. The third-order valence-corrected chi connectivity index (χ3v) is 3.91. The quantitative estimate of drug-likeness (QED) is 0.818. The van der Waals surface area contributed by atoms with E-state index in [0.717, 1.165) is 57.1 Å². The Morgan fingerprint density at radius 3 is 2.90 bits per heavy atom. The number of amides is 1. The van der Waals surface area contributed by atoms with Crippen molar-refractivity contribution >= 4 is 11.6 Å². The van der Waals surface area contributed by atoms with Crippen molar-refractivity contribution in [3.63, 3.8) is 0 Å². The molecule has 0 bridgehead atoms. The number of rotatable bonds is 6. The summed E-state index contributed by atoms with van der Waals surface area (Å²) in [6.07, 6.45) is 6.52. The second-order valence-corrected chi connectivity index (χ2v) is 5.71. The van der Waals surface area contributed by atoms with Crippen LogP contribution in [0.5, 0.6) is 0 Å². The highest BCUT2D eigenvalue weighted by Crippen LogP contribution is 2.19. The van der Waals surface area contributed by atoms with Crippen molar-refractivity contribution in [2.45, 2.75) is 26.2 Å². The first-order chi connectivity index (χ1) is 10.2. The molecule has 1 aliphatic rings. The van der Waals surface area contributed by atoms with Crippen LogP contribution in [0.4, 0.5) is 5.69 Å². The number of hydrogen-bond acceptors (Lipinski definition) is 4. The highest BCUT2D eigenvalue weighted by atomic mass is 16.5. The fourth-order valence-electron chi connectivity index (χ4n) is 2.50. The summed E-state index contributed by atoms with van der Waals surface area (Å²) in [5.41, 5.74) is 1.56. The van der Waals surface area contributed by atoms with E-state index >= 15 is 0 Å². The van der Waals surface area contributed by atoms with Gasteiger partial charge in [-0.05, 0) is 31.2 Å². The van der Waals surface area contributed by atoms with Gasteiger partial charge in [-0.15, -0.1) is 0 Å². The van der Waals surface area contributed by atoms with Gasteiger partial charge in [-0.25, -0.2) is 0 Å². The summed E-state index contributed by atoms with van der Waals surface area (Å²) >= 11 is 0. The SMILES string of the molecule is COCCCNc1cncc(C(=O)N2CCC(C)CC2)c1. The molecule has 1 saturated heterocycles. The number of pyridine rings is 1. The van der Waals surface area contributed by atoms with Crippen molar-refractivity contribution in [1.29, 1.82) is 0 Å². The number of likely N-dealkylation sites (tertiary alicyclic amines) is 1. The van der Waals surface area contributed by atoms with Crippen LogP contribution in [0.2, 0.25) is 0 Å². The van der Waals surface area contributed by atoms with Gasteiger partial charge in [-0.1, -0.05) is 6.92 Å². The molecule has 1 N–H and O–H groups in total. The predicted octanol–water partition coefficient (Wildman–Crippen LogP) is 2.40. The Morgan fingerprint density at radius 1 is 1.43 bits per heavy atom. The lowest BCUT2D eigenvalue weighted by atomic mass is 9.99. The lowest BCUT2D eigenvalue weighted by Gasteiger charge is -2.30. The van der Waals surface area contributed by atoms with Crippen LogP contribution in [0.25, 0.3) is 0 Å².